The van der Waals surface area contributed by atoms with Crippen LogP contribution in [0.15, 0.2) is 65.3 Å². The van der Waals surface area contributed by atoms with Crippen LogP contribution in [-0.4, -0.2) is 24.0 Å². The summed E-state index contributed by atoms with van der Waals surface area (Å²) in [6.07, 6.45) is 3.54. The van der Waals surface area contributed by atoms with Crippen LogP contribution in [0.25, 0.3) is 0 Å². The third kappa shape index (κ3) is 4.56. The number of halogens is 2. The maximum Gasteiger partial charge on any atom is 0.257 e. The summed E-state index contributed by atoms with van der Waals surface area (Å²) in [5, 5.41) is 2.71. The van der Waals surface area contributed by atoms with E-state index in [1.807, 2.05) is 30.3 Å². The highest BCUT2D eigenvalue weighted by molar-refractivity contribution is 9.10. The first-order valence-corrected chi connectivity index (χ1v) is 10.1. The Kier molecular flexibility index (Phi) is 5.76. The fourth-order valence-electron chi connectivity index (χ4n) is 3.27. The van der Waals surface area contributed by atoms with Gasteiger partial charge < -0.3 is 15.0 Å². The van der Waals surface area contributed by atoms with Gasteiger partial charge in [0.1, 0.15) is 17.3 Å². The average Bonchev–Trinajstić information content (AvgIpc) is 3.25. The van der Waals surface area contributed by atoms with E-state index < -0.39 is 11.7 Å². The number of benzene rings is 2. The number of carbonyl (C=O) groups is 1. The van der Waals surface area contributed by atoms with Crippen molar-refractivity contribution in [3.63, 3.8) is 0 Å². The highest BCUT2D eigenvalue weighted by atomic mass is 79.9. The number of anilines is 2. The van der Waals surface area contributed by atoms with Gasteiger partial charge in [-0.3, -0.25) is 4.79 Å². The number of carbonyl (C=O) groups excluding carboxylic acids is 1. The van der Waals surface area contributed by atoms with Crippen LogP contribution < -0.4 is 15.0 Å². The van der Waals surface area contributed by atoms with Crippen molar-refractivity contribution in [2.45, 2.75) is 12.8 Å². The number of aromatic nitrogens is 1. The molecule has 2 heterocycles. The molecule has 1 aromatic heterocycles. The number of amides is 1. The third-order valence-corrected chi connectivity index (χ3v) is 5.19. The van der Waals surface area contributed by atoms with E-state index in [-0.39, 0.29) is 5.69 Å². The first kappa shape index (κ1) is 19.4. The van der Waals surface area contributed by atoms with Gasteiger partial charge in [-0.15, -0.1) is 0 Å². The molecule has 3 aromatic rings. The zero-order valence-electron chi connectivity index (χ0n) is 15.6. The maximum absolute atomic E-state index is 14.4. The van der Waals surface area contributed by atoms with Crippen LogP contribution in [0.5, 0.6) is 11.6 Å². The van der Waals surface area contributed by atoms with E-state index in [9.17, 15) is 9.18 Å². The quantitative estimate of drug-likeness (QED) is 0.541. The number of nitrogens with zero attached hydrogens (tertiary/aromatic N) is 2. The zero-order valence-corrected chi connectivity index (χ0v) is 17.2. The van der Waals surface area contributed by atoms with Gasteiger partial charge in [-0.05, 0) is 49.2 Å². The smallest absolute Gasteiger partial charge is 0.257 e. The normalized spacial score (nSPS) is 13.4. The largest absolute Gasteiger partial charge is 0.439 e. The van der Waals surface area contributed by atoms with Crippen molar-refractivity contribution < 1.29 is 13.9 Å². The fourth-order valence-corrected chi connectivity index (χ4v) is 3.65. The molecule has 148 valence electrons. The van der Waals surface area contributed by atoms with Crippen molar-refractivity contribution in [3.05, 3.63) is 76.6 Å². The van der Waals surface area contributed by atoms with Crippen molar-refractivity contribution in [1.29, 1.82) is 0 Å². The van der Waals surface area contributed by atoms with Crippen molar-refractivity contribution in [3.8, 4) is 11.6 Å². The third-order valence-electron chi connectivity index (χ3n) is 4.69. The Hall–Kier alpha value is -2.93. The molecule has 0 radical (unpaired) electrons. The SMILES string of the molecule is O=C(Nc1c(F)cccc1N1CCCC1)c1ccc(Oc2cccc(Br)c2)nc1. The van der Waals surface area contributed by atoms with Crippen molar-refractivity contribution in [2.24, 2.45) is 0 Å². The van der Waals surface area contributed by atoms with Gasteiger partial charge in [0.05, 0.1) is 11.3 Å². The Morgan fingerprint density at radius 2 is 1.90 bits per heavy atom. The van der Waals surface area contributed by atoms with Gasteiger partial charge in [0, 0.05) is 29.8 Å². The first-order chi connectivity index (χ1) is 14.1. The molecule has 5 nitrogen and oxygen atoms in total. The van der Waals surface area contributed by atoms with Crippen LogP contribution in [0, 0.1) is 5.82 Å². The lowest BCUT2D eigenvalue weighted by molar-refractivity contribution is 0.102. The van der Waals surface area contributed by atoms with Gasteiger partial charge in [-0.25, -0.2) is 9.37 Å². The summed E-state index contributed by atoms with van der Waals surface area (Å²) in [7, 11) is 0. The summed E-state index contributed by atoms with van der Waals surface area (Å²) in [6.45, 7) is 1.71. The predicted molar refractivity (Wildman–Crippen MR) is 114 cm³/mol. The molecule has 1 saturated heterocycles. The van der Waals surface area contributed by atoms with E-state index in [0.29, 0.717) is 22.9 Å². The Morgan fingerprint density at radius 3 is 2.62 bits per heavy atom. The van der Waals surface area contributed by atoms with Crippen molar-refractivity contribution in [2.75, 3.05) is 23.3 Å². The molecule has 0 aliphatic carbocycles. The Labute approximate surface area is 176 Å². The molecule has 2 aromatic carbocycles. The molecule has 29 heavy (non-hydrogen) atoms. The Balaban J connectivity index is 1.49. The maximum atomic E-state index is 14.4. The second kappa shape index (κ2) is 8.61. The second-order valence-electron chi connectivity index (χ2n) is 6.73. The highest BCUT2D eigenvalue weighted by Gasteiger charge is 2.20. The first-order valence-electron chi connectivity index (χ1n) is 9.34. The van der Waals surface area contributed by atoms with Gasteiger partial charge in [-0.1, -0.05) is 28.1 Å². The summed E-state index contributed by atoms with van der Waals surface area (Å²) in [5.74, 6) is 0.122. The van der Waals surface area contributed by atoms with Crippen LogP contribution in [-0.2, 0) is 0 Å². The number of nitrogens with one attached hydrogen (secondary N) is 1. The molecule has 0 bridgehead atoms. The molecule has 7 heteroatoms. The lowest BCUT2D eigenvalue weighted by atomic mass is 10.2. The Morgan fingerprint density at radius 1 is 1.10 bits per heavy atom. The summed E-state index contributed by atoms with van der Waals surface area (Å²) in [4.78, 5) is 18.9. The van der Waals surface area contributed by atoms with Gasteiger partial charge in [0.2, 0.25) is 5.88 Å². The fraction of sp³-hybridized carbons (Fsp3) is 0.182. The summed E-state index contributed by atoms with van der Waals surface area (Å²) >= 11 is 3.39. The Bertz CT molecular complexity index is 1020. The summed E-state index contributed by atoms with van der Waals surface area (Å²) < 4.78 is 21.0. The topological polar surface area (TPSA) is 54.5 Å². The highest BCUT2D eigenvalue weighted by Crippen LogP contribution is 2.31. The molecule has 1 aliphatic heterocycles. The van der Waals surface area contributed by atoms with Gasteiger partial charge in [0.15, 0.2) is 0 Å². The molecule has 1 aliphatic rings. The number of para-hydroxylation sites is 1. The number of hydrogen-bond acceptors (Lipinski definition) is 4. The molecular formula is C22H19BrFN3O2. The van der Waals surface area contributed by atoms with Crippen LogP contribution in [0.3, 0.4) is 0 Å². The number of ether oxygens (including phenoxy) is 1. The van der Waals surface area contributed by atoms with Crippen LogP contribution >= 0.6 is 15.9 Å². The standard InChI is InChI=1S/C22H19BrFN3O2/c23-16-5-3-6-17(13-16)29-20-10-9-15(14-25-20)22(28)26-21-18(24)7-4-8-19(21)27-11-1-2-12-27/h3-10,13-14H,1-2,11-12H2,(H,26,28). The average molecular weight is 456 g/mol. The summed E-state index contributed by atoms with van der Waals surface area (Å²) in [6, 6.07) is 15.4. The van der Waals surface area contributed by atoms with E-state index in [1.54, 1.807) is 18.2 Å². The summed E-state index contributed by atoms with van der Waals surface area (Å²) in [5.41, 5.74) is 1.23. The molecule has 1 N–H and O–H groups in total. The monoisotopic (exact) mass is 455 g/mol. The molecular weight excluding hydrogens is 437 g/mol. The van der Waals surface area contributed by atoms with Crippen molar-refractivity contribution in [1.82, 2.24) is 4.98 Å². The lowest BCUT2D eigenvalue weighted by Crippen LogP contribution is -2.22. The second-order valence-corrected chi connectivity index (χ2v) is 7.64. The van der Waals surface area contributed by atoms with Gasteiger partial charge in [-0.2, -0.15) is 0 Å². The molecule has 0 atom stereocenters. The van der Waals surface area contributed by atoms with Crippen LogP contribution in [0.1, 0.15) is 23.2 Å². The van der Waals surface area contributed by atoms with Crippen LogP contribution in [0.2, 0.25) is 0 Å². The van der Waals surface area contributed by atoms with E-state index in [4.69, 9.17) is 4.74 Å². The molecule has 4 rings (SSSR count). The minimum Gasteiger partial charge on any atom is -0.439 e. The predicted octanol–water partition coefficient (Wildman–Crippen LogP) is 5.63. The minimum atomic E-state index is -0.453. The van der Waals surface area contributed by atoms with E-state index >= 15 is 0 Å². The van der Waals surface area contributed by atoms with E-state index in [1.165, 1.54) is 12.3 Å². The van der Waals surface area contributed by atoms with Crippen molar-refractivity contribution >= 4 is 33.2 Å². The van der Waals surface area contributed by atoms with Gasteiger partial charge in [0.25, 0.3) is 5.91 Å². The van der Waals surface area contributed by atoms with E-state index in [2.05, 4.69) is 31.1 Å². The van der Waals surface area contributed by atoms with Gasteiger partial charge >= 0.3 is 0 Å². The zero-order chi connectivity index (χ0) is 20.2. The minimum absolute atomic E-state index is 0.203. The molecule has 0 saturated carbocycles. The number of rotatable bonds is 5. The number of pyridine rings is 1. The number of hydrogen-bond donors (Lipinski definition) is 1. The van der Waals surface area contributed by atoms with E-state index in [0.717, 1.165) is 30.4 Å². The molecule has 1 fully saturated rings. The molecule has 0 unspecified atom stereocenters. The van der Waals surface area contributed by atoms with Crippen LogP contribution in [0.4, 0.5) is 15.8 Å². The molecule has 1 amide bonds. The molecule has 0 spiro atoms. The lowest BCUT2D eigenvalue weighted by Gasteiger charge is -2.22.